The van der Waals surface area contributed by atoms with Gasteiger partial charge in [-0.05, 0) is 35.1 Å². The predicted octanol–water partition coefficient (Wildman–Crippen LogP) is 9.19. The van der Waals surface area contributed by atoms with Crippen LogP contribution < -0.4 is 5.32 Å². The molecule has 0 saturated carbocycles. The lowest BCUT2D eigenvalue weighted by atomic mass is 9.98. The van der Waals surface area contributed by atoms with E-state index in [1.54, 1.807) is 0 Å². The number of hydrogen-bond acceptors (Lipinski definition) is 13. The maximum Gasteiger partial charge on any atom is 0.407 e. The first-order valence-electron chi connectivity index (χ1n) is 25.7. The van der Waals surface area contributed by atoms with Gasteiger partial charge in [-0.15, -0.1) is 0 Å². The zero-order valence-corrected chi connectivity index (χ0v) is 41.4. The highest BCUT2D eigenvalue weighted by atomic mass is 16.6. The summed E-state index contributed by atoms with van der Waals surface area (Å²) in [6, 6.07) is 16.6. The lowest BCUT2D eigenvalue weighted by molar-refractivity contribution is -0.0275. The number of carbonyl (C=O) groups is 1. The van der Waals surface area contributed by atoms with E-state index in [0.717, 1.165) is 13.0 Å². The molecule has 1 aliphatic carbocycles. The van der Waals surface area contributed by atoms with Crippen molar-refractivity contribution in [3.05, 3.63) is 59.7 Å². The van der Waals surface area contributed by atoms with Crippen molar-refractivity contribution in [1.82, 2.24) is 5.32 Å². The molecule has 0 fully saturated rings. The van der Waals surface area contributed by atoms with E-state index in [2.05, 4.69) is 36.5 Å². The van der Waals surface area contributed by atoms with Crippen molar-refractivity contribution < 1.29 is 61.6 Å². The van der Waals surface area contributed by atoms with Gasteiger partial charge in [0.25, 0.3) is 0 Å². The molecule has 384 valence electrons. The molecule has 1 amide bonds. The minimum absolute atomic E-state index is 0.0492. The summed E-state index contributed by atoms with van der Waals surface area (Å²) in [7, 11) is 0. The van der Waals surface area contributed by atoms with Gasteiger partial charge in [-0.25, -0.2) is 4.79 Å². The second kappa shape index (κ2) is 44.5. The van der Waals surface area contributed by atoms with Crippen LogP contribution in [0.4, 0.5) is 4.79 Å². The highest BCUT2D eigenvalue weighted by molar-refractivity contribution is 5.79. The van der Waals surface area contributed by atoms with E-state index in [9.17, 15) is 4.79 Å². The minimum Gasteiger partial charge on any atom is -0.449 e. The molecule has 1 N–H and O–H groups in total. The van der Waals surface area contributed by atoms with E-state index in [1.807, 2.05) is 24.3 Å². The van der Waals surface area contributed by atoms with Crippen molar-refractivity contribution in [1.29, 1.82) is 0 Å². The van der Waals surface area contributed by atoms with Crippen molar-refractivity contribution in [2.24, 2.45) is 0 Å². The topological polar surface area (TPSA) is 140 Å². The van der Waals surface area contributed by atoms with Crippen LogP contribution in [0.1, 0.15) is 114 Å². The second-order valence-electron chi connectivity index (χ2n) is 16.6. The Morgan fingerprint density at radius 3 is 1.00 bits per heavy atom. The van der Waals surface area contributed by atoms with E-state index < -0.39 is 6.09 Å². The Labute approximate surface area is 404 Å². The number of unbranched alkanes of at least 4 members (excludes halogenated alkanes) is 12. The first kappa shape index (κ1) is 58.6. The van der Waals surface area contributed by atoms with E-state index in [1.165, 1.54) is 99.3 Å². The monoisotopic (exact) mass is 948 g/mol. The zero-order chi connectivity index (χ0) is 47.2. The Hall–Kier alpha value is -2.73. The van der Waals surface area contributed by atoms with E-state index >= 15 is 0 Å². The second-order valence-corrected chi connectivity index (χ2v) is 16.6. The van der Waals surface area contributed by atoms with Gasteiger partial charge >= 0.3 is 6.09 Å². The average Bonchev–Trinajstić information content (AvgIpc) is 3.67. The lowest BCUT2D eigenvalue weighted by Crippen LogP contribution is -2.27. The van der Waals surface area contributed by atoms with Crippen LogP contribution in [0.2, 0.25) is 0 Å². The van der Waals surface area contributed by atoms with Crippen molar-refractivity contribution >= 4 is 6.09 Å². The summed E-state index contributed by atoms with van der Waals surface area (Å²) in [6.45, 7) is 14.8. The average molecular weight is 948 g/mol. The van der Waals surface area contributed by atoms with Gasteiger partial charge in [0.05, 0.1) is 132 Å². The first-order chi connectivity index (χ1) is 33.3. The summed E-state index contributed by atoms with van der Waals surface area (Å²) >= 11 is 0. The van der Waals surface area contributed by atoms with E-state index in [4.69, 9.17) is 56.8 Å². The maximum absolute atomic E-state index is 12.3. The number of rotatable bonds is 50. The zero-order valence-electron chi connectivity index (χ0n) is 41.4. The van der Waals surface area contributed by atoms with Crippen LogP contribution in [0.25, 0.3) is 11.1 Å². The maximum atomic E-state index is 12.3. The number of benzene rings is 2. The van der Waals surface area contributed by atoms with Crippen LogP contribution in [0.15, 0.2) is 48.5 Å². The fourth-order valence-corrected chi connectivity index (χ4v) is 7.54. The molecule has 0 saturated heterocycles. The number of fused-ring (bicyclic) bond motifs is 3. The van der Waals surface area contributed by atoms with Gasteiger partial charge in [-0.2, -0.15) is 0 Å². The van der Waals surface area contributed by atoms with Crippen LogP contribution in [0.5, 0.6) is 0 Å². The smallest absolute Gasteiger partial charge is 0.407 e. The fraction of sp³-hybridized carbons (Fsp3) is 0.755. The van der Waals surface area contributed by atoms with Crippen LogP contribution in [0.3, 0.4) is 0 Å². The summed E-state index contributed by atoms with van der Waals surface area (Å²) in [5.41, 5.74) is 4.81. The number of ether oxygens (including phenoxy) is 12. The van der Waals surface area contributed by atoms with E-state index in [0.29, 0.717) is 158 Å². The van der Waals surface area contributed by atoms with Crippen molar-refractivity contribution in [2.45, 2.75) is 103 Å². The molecule has 0 spiro atoms. The van der Waals surface area contributed by atoms with Crippen molar-refractivity contribution in [3.8, 4) is 11.1 Å². The third-order valence-electron chi connectivity index (χ3n) is 11.2. The summed E-state index contributed by atoms with van der Waals surface area (Å²) in [4.78, 5) is 12.3. The highest BCUT2D eigenvalue weighted by Crippen LogP contribution is 2.44. The Kier molecular flexibility index (Phi) is 38.9. The molecule has 0 aromatic heterocycles. The van der Waals surface area contributed by atoms with Gasteiger partial charge < -0.3 is 62.2 Å². The third-order valence-corrected chi connectivity index (χ3v) is 11.2. The quantitative estimate of drug-likeness (QED) is 0.0632. The van der Waals surface area contributed by atoms with Crippen molar-refractivity contribution in [2.75, 3.05) is 159 Å². The molecule has 2 aromatic rings. The third kappa shape index (κ3) is 31.9. The predicted molar refractivity (Wildman–Crippen MR) is 262 cm³/mol. The Balaban J connectivity index is 0.895. The number of alkyl carbamates (subject to hydrolysis) is 1. The molecular weight excluding hydrogens is 859 g/mol. The van der Waals surface area contributed by atoms with Crippen LogP contribution in [-0.2, 0) is 56.8 Å². The molecule has 2 aromatic carbocycles. The molecule has 67 heavy (non-hydrogen) atoms. The SMILES string of the molecule is CCCCCCCCCCCCCCCOCCOCCOCCOCCOCCOCCOCCOCCOCCOCCOCCCNC(=O)OCC1c2ccccc2-c2ccccc21. The molecule has 1 aliphatic rings. The van der Waals surface area contributed by atoms with Gasteiger partial charge in [-0.3, -0.25) is 0 Å². The minimum atomic E-state index is -0.413. The Morgan fingerprint density at radius 2 is 0.657 bits per heavy atom. The standard InChI is InChI=1S/C53H89NO13/c1-2-3-4-5-6-7-8-9-10-11-12-13-18-25-56-27-29-58-31-33-60-35-37-62-39-41-64-43-45-66-46-44-65-42-40-63-38-36-61-34-32-59-30-28-57-26-19-24-54-53(55)67-47-52-50-22-16-14-20-48(50)49-21-15-17-23-51(49)52/h14-17,20-23,52H,2-13,18-19,24-47H2,1H3,(H,54,55). The van der Waals surface area contributed by atoms with Crippen LogP contribution in [0, 0.1) is 0 Å². The normalized spacial score (nSPS) is 12.2. The summed E-state index contributed by atoms with van der Waals surface area (Å²) in [5.74, 6) is 0.0492. The first-order valence-corrected chi connectivity index (χ1v) is 25.7. The fourth-order valence-electron chi connectivity index (χ4n) is 7.54. The lowest BCUT2D eigenvalue weighted by Gasteiger charge is -2.14. The highest BCUT2D eigenvalue weighted by Gasteiger charge is 2.29. The number of amides is 1. The molecule has 0 aliphatic heterocycles. The number of carbonyl (C=O) groups excluding carboxylic acids is 1. The summed E-state index contributed by atoms with van der Waals surface area (Å²) in [5, 5.41) is 2.81. The molecule has 0 atom stereocenters. The van der Waals surface area contributed by atoms with Gasteiger partial charge in [0.2, 0.25) is 0 Å². The van der Waals surface area contributed by atoms with E-state index in [-0.39, 0.29) is 5.92 Å². The van der Waals surface area contributed by atoms with Gasteiger partial charge in [0.15, 0.2) is 0 Å². The Morgan fingerprint density at radius 1 is 0.373 bits per heavy atom. The largest absolute Gasteiger partial charge is 0.449 e. The molecular formula is C53H89NO13. The molecule has 0 unspecified atom stereocenters. The molecule has 0 bridgehead atoms. The number of hydrogen-bond donors (Lipinski definition) is 1. The molecule has 3 rings (SSSR count). The van der Waals surface area contributed by atoms with Crippen LogP contribution >= 0.6 is 0 Å². The summed E-state index contributed by atoms with van der Waals surface area (Å²) in [6.07, 6.45) is 18.0. The van der Waals surface area contributed by atoms with Gasteiger partial charge in [0, 0.05) is 25.7 Å². The van der Waals surface area contributed by atoms with Gasteiger partial charge in [-0.1, -0.05) is 133 Å². The van der Waals surface area contributed by atoms with Crippen molar-refractivity contribution in [3.63, 3.8) is 0 Å². The van der Waals surface area contributed by atoms with Crippen LogP contribution in [-0.4, -0.2) is 165 Å². The Bertz CT molecular complexity index is 1360. The molecule has 0 heterocycles. The molecule has 14 nitrogen and oxygen atoms in total. The molecule has 14 heteroatoms. The number of nitrogens with one attached hydrogen (secondary N) is 1. The summed E-state index contributed by atoms with van der Waals surface area (Å²) < 4.78 is 66.8. The molecule has 0 radical (unpaired) electrons. The van der Waals surface area contributed by atoms with Gasteiger partial charge in [0.1, 0.15) is 6.61 Å².